The quantitative estimate of drug-likeness (QED) is 0.824. The molecule has 0 aliphatic heterocycles. The molecule has 6 nitrogen and oxygen atoms in total. The van der Waals surface area contributed by atoms with Crippen molar-refractivity contribution in [1.29, 1.82) is 0 Å². The topological polar surface area (TPSA) is 92.7 Å². The number of halogens is 1. The summed E-state index contributed by atoms with van der Waals surface area (Å²) in [7, 11) is -2.87. The summed E-state index contributed by atoms with van der Waals surface area (Å²) >= 11 is 0. The van der Waals surface area contributed by atoms with E-state index in [9.17, 15) is 17.6 Å². The van der Waals surface area contributed by atoms with Gasteiger partial charge in [-0.3, -0.25) is 4.79 Å². The van der Waals surface area contributed by atoms with Crippen molar-refractivity contribution in [3.8, 4) is 5.75 Å². The lowest BCUT2D eigenvalue weighted by Gasteiger charge is -2.18. The van der Waals surface area contributed by atoms with Gasteiger partial charge in [-0.15, -0.1) is 0 Å². The molecule has 0 amide bonds. The van der Waals surface area contributed by atoms with Gasteiger partial charge in [0.25, 0.3) is 0 Å². The molecule has 112 valence electrons. The van der Waals surface area contributed by atoms with E-state index in [1.807, 2.05) is 4.72 Å². The predicted molar refractivity (Wildman–Crippen MR) is 69.5 cm³/mol. The number of nitrogens with one attached hydrogen (secondary N) is 1. The minimum absolute atomic E-state index is 0.0948. The van der Waals surface area contributed by atoms with Crippen LogP contribution in [0, 0.1) is 11.7 Å². The Morgan fingerprint density at radius 1 is 1.40 bits per heavy atom. The minimum Gasteiger partial charge on any atom is -0.494 e. The fourth-order valence-corrected chi connectivity index (χ4v) is 2.87. The molecule has 0 saturated carbocycles. The van der Waals surface area contributed by atoms with Gasteiger partial charge in [-0.25, -0.2) is 12.8 Å². The number of hydrogen-bond donors (Lipinski definition) is 2. The van der Waals surface area contributed by atoms with Crippen LogP contribution in [0.25, 0.3) is 0 Å². The second kappa shape index (κ2) is 6.19. The van der Waals surface area contributed by atoms with Crippen molar-refractivity contribution in [3.63, 3.8) is 0 Å². The number of sulfonamides is 1. The largest absolute Gasteiger partial charge is 0.494 e. The molecule has 8 heteroatoms. The fourth-order valence-electron chi connectivity index (χ4n) is 1.52. The van der Waals surface area contributed by atoms with Crippen LogP contribution in [0.2, 0.25) is 0 Å². The molecule has 0 bridgehead atoms. The number of rotatable bonds is 6. The summed E-state index contributed by atoms with van der Waals surface area (Å²) in [6.07, 6.45) is 0. The van der Waals surface area contributed by atoms with Gasteiger partial charge in [0.15, 0.2) is 11.6 Å². The summed E-state index contributed by atoms with van der Waals surface area (Å²) < 4.78 is 44.3. The van der Waals surface area contributed by atoms with Crippen LogP contribution in [-0.4, -0.2) is 32.6 Å². The van der Waals surface area contributed by atoms with Crippen molar-refractivity contribution in [2.75, 3.05) is 7.11 Å². The minimum atomic E-state index is -4.12. The van der Waals surface area contributed by atoms with Crippen LogP contribution in [0.3, 0.4) is 0 Å². The van der Waals surface area contributed by atoms with Gasteiger partial charge in [-0.05, 0) is 24.1 Å². The van der Waals surface area contributed by atoms with E-state index in [-0.39, 0.29) is 10.6 Å². The van der Waals surface area contributed by atoms with Crippen LogP contribution in [0.15, 0.2) is 23.1 Å². The van der Waals surface area contributed by atoms with Crippen molar-refractivity contribution in [1.82, 2.24) is 4.72 Å². The van der Waals surface area contributed by atoms with E-state index in [0.717, 1.165) is 18.2 Å². The van der Waals surface area contributed by atoms with Crippen molar-refractivity contribution < 1.29 is 27.4 Å². The van der Waals surface area contributed by atoms with Crippen LogP contribution in [0.4, 0.5) is 4.39 Å². The number of hydrogen-bond acceptors (Lipinski definition) is 4. The molecule has 0 radical (unpaired) electrons. The predicted octanol–water partition coefficient (Wildman–Crippen LogP) is 1.22. The van der Waals surface area contributed by atoms with Crippen LogP contribution < -0.4 is 9.46 Å². The van der Waals surface area contributed by atoms with E-state index in [1.54, 1.807) is 13.8 Å². The Bertz CT molecular complexity index is 600. The molecule has 0 aliphatic carbocycles. The van der Waals surface area contributed by atoms with Gasteiger partial charge < -0.3 is 9.84 Å². The van der Waals surface area contributed by atoms with Crippen molar-refractivity contribution in [2.45, 2.75) is 24.8 Å². The highest BCUT2D eigenvalue weighted by Crippen LogP contribution is 2.21. The zero-order chi connectivity index (χ0) is 15.5. The normalized spacial score (nSPS) is 13.2. The highest BCUT2D eigenvalue weighted by Gasteiger charge is 2.28. The SMILES string of the molecule is COc1ccc(S(=O)(=O)NC(C(=O)O)C(C)C)cc1F. The molecule has 1 unspecified atom stereocenters. The maximum Gasteiger partial charge on any atom is 0.322 e. The Labute approximate surface area is 116 Å². The number of carboxylic acid groups (broad SMARTS) is 1. The third-order valence-electron chi connectivity index (χ3n) is 2.65. The monoisotopic (exact) mass is 305 g/mol. The van der Waals surface area contributed by atoms with Crippen molar-refractivity contribution in [2.24, 2.45) is 5.92 Å². The molecule has 1 rings (SSSR count). The van der Waals surface area contributed by atoms with Crippen molar-refractivity contribution in [3.05, 3.63) is 24.0 Å². The summed E-state index contributed by atoms with van der Waals surface area (Å²) in [6, 6.07) is 1.80. The molecule has 0 heterocycles. The summed E-state index contributed by atoms with van der Waals surface area (Å²) in [4.78, 5) is 10.6. The molecule has 0 fully saturated rings. The van der Waals surface area contributed by atoms with Crippen LogP contribution in [0.5, 0.6) is 5.75 Å². The maximum absolute atomic E-state index is 13.5. The first-order valence-corrected chi connectivity index (χ1v) is 7.26. The highest BCUT2D eigenvalue weighted by atomic mass is 32.2. The zero-order valence-corrected chi connectivity index (χ0v) is 12.1. The first-order chi connectivity index (χ1) is 9.19. The first kappa shape index (κ1) is 16.4. The lowest BCUT2D eigenvalue weighted by atomic mass is 10.1. The Kier molecular flexibility index (Phi) is 5.07. The molecule has 1 atom stereocenters. The van der Waals surface area contributed by atoms with E-state index in [4.69, 9.17) is 5.11 Å². The molecule has 1 aromatic carbocycles. The Morgan fingerprint density at radius 2 is 2.00 bits per heavy atom. The number of carbonyl (C=O) groups is 1. The molecule has 1 aromatic rings. The van der Waals surface area contributed by atoms with Gasteiger partial charge in [0, 0.05) is 0 Å². The molecule has 2 N–H and O–H groups in total. The Balaban J connectivity index is 3.11. The summed E-state index contributed by atoms with van der Waals surface area (Å²) in [5.41, 5.74) is 0. The van der Waals surface area contributed by atoms with E-state index in [0.29, 0.717) is 0 Å². The third kappa shape index (κ3) is 3.67. The number of methoxy groups -OCH3 is 1. The number of aliphatic carboxylic acids is 1. The molecule has 0 saturated heterocycles. The summed E-state index contributed by atoms with van der Waals surface area (Å²) in [5.74, 6) is -2.68. The zero-order valence-electron chi connectivity index (χ0n) is 11.3. The standard InChI is InChI=1S/C12H16FNO5S/c1-7(2)11(12(15)16)14-20(17,18)8-4-5-10(19-3)9(13)6-8/h4-7,11,14H,1-3H3,(H,15,16). The fraction of sp³-hybridized carbons (Fsp3) is 0.417. The van der Waals surface area contributed by atoms with Gasteiger partial charge in [0.05, 0.1) is 12.0 Å². The van der Waals surface area contributed by atoms with E-state index >= 15 is 0 Å². The Morgan fingerprint density at radius 3 is 2.40 bits per heavy atom. The molecule has 20 heavy (non-hydrogen) atoms. The average molecular weight is 305 g/mol. The van der Waals surface area contributed by atoms with Gasteiger partial charge >= 0.3 is 5.97 Å². The summed E-state index contributed by atoms with van der Waals surface area (Å²) in [6.45, 7) is 3.13. The van der Waals surface area contributed by atoms with Gasteiger partial charge in [-0.2, -0.15) is 4.72 Å². The number of ether oxygens (including phenoxy) is 1. The Hall–Kier alpha value is -1.67. The van der Waals surface area contributed by atoms with E-state index in [1.165, 1.54) is 7.11 Å². The second-order valence-electron chi connectivity index (χ2n) is 4.48. The van der Waals surface area contributed by atoms with Crippen LogP contribution >= 0.6 is 0 Å². The smallest absolute Gasteiger partial charge is 0.322 e. The molecule has 0 spiro atoms. The molecular weight excluding hydrogens is 289 g/mol. The molecular formula is C12H16FNO5S. The number of benzene rings is 1. The van der Waals surface area contributed by atoms with Crippen LogP contribution in [-0.2, 0) is 14.8 Å². The molecule has 0 aromatic heterocycles. The lowest BCUT2D eigenvalue weighted by molar-refractivity contribution is -0.140. The average Bonchev–Trinajstić information content (AvgIpc) is 2.35. The third-order valence-corrected chi connectivity index (χ3v) is 4.09. The van der Waals surface area contributed by atoms with Gasteiger partial charge in [0.2, 0.25) is 10.0 Å². The summed E-state index contributed by atoms with van der Waals surface area (Å²) in [5, 5.41) is 8.97. The van der Waals surface area contributed by atoms with Gasteiger partial charge in [-0.1, -0.05) is 13.8 Å². The van der Waals surface area contributed by atoms with E-state index < -0.39 is 33.8 Å². The first-order valence-electron chi connectivity index (χ1n) is 5.77. The molecule has 0 aliphatic rings. The highest BCUT2D eigenvalue weighted by molar-refractivity contribution is 7.89. The van der Waals surface area contributed by atoms with Crippen molar-refractivity contribution >= 4 is 16.0 Å². The van der Waals surface area contributed by atoms with E-state index in [2.05, 4.69) is 4.74 Å². The maximum atomic E-state index is 13.5. The van der Waals surface area contributed by atoms with Crippen LogP contribution in [0.1, 0.15) is 13.8 Å². The lowest BCUT2D eigenvalue weighted by Crippen LogP contribution is -2.44. The second-order valence-corrected chi connectivity index (χ2v) is 6.19. The number of carboxylic acids is 1. The van der Waals surface area contributed by atoms with Gasteiger partial charge in [0.1, 0.15) is 6.04 Å².